The van der Waals surface area contributed by atoms with Crippen molar-refractivity contribution in [2.45, 2.75) is 65.2 Å². The molecule has 0 atom stereocenters. The van der Waals surface area contributed by atoms with Gasteiger partial charge in [0.2, 0.25) is 0 Å². The van der Waals surface area contributed by atoms with Crippen molar-refractivity contribution in [2.24, 2.45) is 0 Å². The van der Waals surface area contributed by atoms with Crippen molar-refractivity contribution in [2.75, 3.05) is 13.2 Å². The molecule has 4 amide bonds. The van der Waals surface area contributed by atoms with E-state index in [4.69, 9.17) is 18.9 Å². The Morgan fingerprint density at radius 1 is 0.469 bits per heavy atom. The molecule has 0 unspecified atom stereocenters. The number of hydrogen-bond donors (Lipinski definition) is 4. The molecule has 18 heteroatoms. The lowest BCUT2D eigenvalue weighted by Crippen LogP contribution is -2.42. The molecular weight excluding hydrogens is 829 g/mol. The van der Waals surface area contributed by atoms with E-state index in [1.165, 1.54) is 84.9 Å². The summed E-state index contributed by atoms with van der Waals surface area (Å²) >= 11 is 0. The number of amides is 4. The zero-order valence-corrected chi connectivity index (χ0v) is 35.3. The Bertz CT molecular complexity index is 2260. The Kier molecular flexibility index (Phi) is 17.5. The molecule has 5 aromatic carbocycles. The van der Waals surface area contributed by atoms with Crippen molar-refractivity contribution in [3.63, 3.8) is 0 Å². The quantitative estimate of drug-likeness (QED) is 0.0289. The Morgan fingerprint density at radius 2 is 0.844 bits per heavy atom. The summed E-state index contributed by atoms with van der Waals surface area (Å²) in [5.41, 5.74) is 9.54. The maximum atomic E-state index is 13.8. The van der Waals surface area contributed by atoms with Gasteiger partial charge in [0.15, 0.2) is 0 Å². The van der Waals surface area contributed by atoms with Gasteiger partial charge in [-0.3, -0.25) is 61.1 Å². The average Bonchev–Trinajstić information content (AvgIpc) is 3.30. The number of carbonyl (C=O) groups is 4. The fourth-order valence-electron chi connectivity index (χ4n) is 6.03. The molecule has 0 aromatic heterocycles. The Balaban J connectivity index is 1.32. The Morgan fingerprint density at radius 3 is 1.20 bits per heavy atom. The summed E-state index contributed by atoms with van der Waals surface area (Å²) in [7, 11) is 0. The molecule has 64 heavy (non-hydrogen) atoms. The molecule has 0 aliphatic carbocycles. The molecule has 5 aromatic rings. The van der Waals surface area contributed by atoms with E-state index >= 15 is 0 Å². The number of ether oxygens (including phenoxy) is 4. The van der Waals surface area contributed by atoms with Gasteiger partial charge in [0.1, 0.15) is 34.5 Å². The number of rotatable bonds is 22. The first-order valence-corrected chi connectivity index (χ1v) is 20.7. The number of non-ortho nitro benzene ring substituents is 2. The lowest BCUT2D eigenvalue weighted by atomic mass is 10.1. The van der Waals surface area contributed by atoms with Crippen molar-refractivity contribution in [1.29, 1.82) is 0 Å². The normalized spacial score (nSPS) is 10.5. The number of nitrogens with zero attached hydrogens (tertiary/aromatic N) is 2. The van der Waals surface area contributed by atoms with Crippen molar-refractivity contribution in [1.82, 2.24) is 21.7 Å². The molecule has 0 spiro atoms. The molecule has 5 rings (SSSR count). The molecule has 0 radical (unpaired) electrons. The van der Waals surface area contributed by atoms with Crippen molar-refractivity contribution >= 4 is 35.0 Å². The number of unbranched alkanes of at least 4 members (excludes halogenated alkanes) is 6. The van der Waals surface area contributed by atoms with Crippen LogP contribution in [0.25, 0.3) is 0 Å². The molecule has 0 saturated heterocycles. The fourth-order valence-corrected chi connectivity index (χ4v) is 6.03. The second-order valence-corrected chi connectivity index (χ2v) is 14.2. The summed E-state index contributed by atoms with van der Waals surface area (Å²) in [6, 6.07) is 25.7. The predicted octanol–water partition coefficient (Wildman–Crippen LogP) is 9.16. The van der Waals surface area contributed by atoms with Crippen LogP contribution in [-0.4, -0.2) is 46.7 Å². The molecule has 4 N–H and O–H groups in total. The molecule has 0 bridgehead atoms. The lowest BCUT2D eigenvalue weighted by Gasteiger charge is -2.18. The summed E-state index contributed by atoms with van der Waals surface area (Å²) in [6.45, 7) is 4.55. The van der Waals surface area contributed by atoms with Crippen LogP contribution in [0.1, 0.15) is 107 Å². The van der Waals surface area contributed by atoms with Gasteiger partial charge in [0, 0.05) is 35.4 Å². The molecule has 0 aliphatic rings. The summed E-state index contributed by atoms with van der Waals surface area (Å²) in [4.78, 5) is 75.0. The highest BCUT2D eigenvalue weighted by Crippen LogP contribution is 2.31. The van der Waals surface area contributed by atoms with Crippen LogP contribution < -0.4 is 40.7 Å². The minimum Gasteiger partial charge on any atom is -0.493 e. The van der Waals surface area contributed by atoms with E-state index < -0.39 is 33.5 Å². The zero-order chi connectivity index (χ0) is 45.8. The van der Waals surface area contributed by atoms with Crippen molar-refractivity contribution < 1.29 is 48.0 Å². The van der Waals surface area contributed by atoms with Gasteiger partial charge < -0.3 is 18.9 Å². The molecule has 0 aliphatic heterocycles. The maximum Gasteiger partial charge on any atom is 0.273 e. The minimum absolute atomic E-state index is 0.0210. The van der Waals surface area contributed by atoms with Crippen LogP contribution >= 0.6 is 0 Å². The zero-order valence-electron chi connectivity index (χ0n) is 35.3. The summed E-state index contributed by atoms with van der Waals surface area (Å²) in [5, 5.41) is 22.0. The largest absolute Gasteiger partial charge is 0.493 e. The molecule has 0 heterocycles. The van der Waals surface area contributed by atoms with Crippen molar-refractivity contribution in [3.05, 3.63) is 152 Å². The van der Waals surface area contributed by atoms with E-state index in [0.29, 0.717) is 24.3 Å². The number of nitro benzene ring substituents is 2. The molecule has 0 fully saturated rings. The molecule has 18 nitrogen and oxygen atoms in total. The number of nitrogens with one attached hydrogen (secondary N) is 4. The van der Waals surface area contributed by atoms with E-state index in [0.717, 1.165) is 38.5 Å². The van der Waals surface area contributed by atoms with Gasteiger partial charge in [-0.15, -0.1) is 0 Å². The van der Waals surface area contributed by atoms with Crippen LogP contribution in [0.3, 0.4) is 0 Å². The van der Waals surface area contributed by atoms with Crippen LogP contribution in [0.2, 0.25) is 0 Å². The number of benzene rings is 5. The predicted molar refractivity (Wildman–Crippen MR) is 235 cm³/mol. The van der Waals surface area contributed by atoms with Crippen LogP contribution in [-0.2, 0) is 0 Å². The maximum absolute atomic E-state index is 13.8. The van der Waals surface area contributed by atoms with Crippen LogP contribution in [0.4, 0.5) is 11.4 Å². The van der Waals surface area contributed by atoms with Crippen LogP contribution in [0, 0.1) is 20.2 Å². The van der Waals surface area contributed by atoms with Gasteiger partial charge in [0.05, 0.1) is 34.2 Å². The van der Waals surface area contributed by atoms with Gasteiger partial charge in [-0.25, -0.2) is 0 Å². The van der Waals surface area contributed by atoms with E-state index in [2.05, 4.69) is 35.6 Å². The van der Waals surface area contributed by atoms with Gasteiger partial charge in [-0.1, -0.05) is 64.5 Å². The number of carbonyl (C=O) groups excluding carboxylic acids is 4. The van der Waals surface area contributed by atoms with E-state index in [9.17, 15) is 39.4 Å². The summed E-state index contributed by atoms with van der Waals surface area (Å²) < 4.78 is 23.7. The van der Waals surface area contributed by atoms with Gasteiger partial charge in [-0.05, 0) is 85.6 Å². The smallest absolute Gasteiger partial charge is 0.273 e. The standard InChI is InChI=1S/C46H48N6O12/c1-3-5-7-9-25-61-41-29-40(46(56)50-48-44(54)32-14-12-16-38(28-32)64-36-23-19-34(20-24-36)52(59)60)42(62-26-10-8-6-4-2)30-39(41)45(55)49-47-43(53)31-13-11-15-37(27-31)63-35-21-17-33(18-22-35)51(57)58/h11-24,27-30H,3-10,25-26H2,1-2H3,(H,47,53)(H,48,54)(H,49,55)(H,50,56). The molecular formula is C46H48N6O12. The third-order valence-electron chi connectivity index (χ3n) is 9.42. The molecule has 334 valence electrons. The van der Waals surface area contributed by atoms with Gasteiger partial charge in [-0.2, -0.15) is 0 Å². The van der Waals surface area contributed by atoms with E-state index in [-0.39, 0.29) is 69.8 Å². The number of hydrazine groups is 2. The fraction of sp³-hybridized carbons (Fsp3) is 0.261. The average molecular weight is 877 g/mol. The van der Waals surface area contributed by atoms with Crippen LogP contribution in [0.5, 0.6) is 34.5 Å². The third-order valence-corrected chi connectivity index (χ3v) is 9.42. The Labute approximate surface area is 368 Å². The lowest BCUT2D eigenvalue weighted by molar-refractivity contribution is -0.385. The Hall–Kier alpha value is -8.02. The van der Waals surface area contributed by atoms with E-state index in [1.807, 2.05) is 0 Å². The van der Waals surface area contributed by atoms with Crippen molar-refractivity contribution in [3.8, 4) is 34.5 Å². The third kappa shape index (κ3) is 14.0. The van der Waals surface area contributed by atoms with Crippen LogP contribution in [0.15, 0.2) is 109 Å². The highest BCUT2D eigenvalue weighted by atomic mass is 16.6. The number of nitro groups is 2. The summed E-state index contributed by atoms with van der Waals surface area (Å²) in [5.74, 6) is -1.75. The first-order valence-electron chi connectivity index (χ1n) is 20.7. The minimum atomic E-state index is -0.776. The molecule has 0 saturated carbocycles. The SMILES string of the molecule is CCCCCCOc1cc(C(=O)NNC(=O)c2cccc(Oc3ccc([N+](=O)[O-])cc3)c2)c(OCCCCCC)cc1C(=O)NNC(=O)c1cccc(Oc2ccc([N+](=O)[O-])cc2)c1. The van der Waals surface area contributed by atoms with Gasteiger partial charge >= 0.3 is 0 Å². The first kappa shape index (κ1) is 47.0. The highest BCUT2D eigenvalue weighted by molar-refractivity contribution is 6.04. The topological polar surface area (TPSA) is 240 Å². The second-order valence-electron chi connectivity index (χ2n) is 14.2. The first-order chi connectivity index (χ1) is 30.9. The van der Waals surface area contributed by atoms with Gasteiger partial charge in [0.25, 0.3) is 35.0 Å². The van der Waals surface area contributed by atoms with E-state index in [1.54, 1.807) is 24.3 Å². The second kappa shape index (κ2) is 23.8. The summed E-state index contributed by atoms with van der Waals surface area (Å²) in [6.07, 6.45) is 6.93. The number of hydrogen-bond acceptors (Lipinski definition) is 12. The highest BCUT2D eigenvalue weighted by Gasteiger charge is 2.23. The monoisotopic (exact) mass is 876 g/mol.